The van der Waals surface area contributed by atoms with Crippen LogP contribution >= 0.6 is 11.6 Å². The molecular weight excluding hydrogens is 586 g/mol. The minimum atomic E-state index is -3.95. The van der Waals surface area contributed by atoms with Crippen molar-refractivity contribution in [2.24, 2.45) is 0 Å². The van der Waals surface area contributed by atoms with Gasteiger partial charge in [0.05, 0.1) is 23.5 Å². The first kappa shape index (κ1) is 28.0. The van der Waals surface area contributed by atoms with Crippen LogP contribution in [0.2, 0.25) is 5.15 Å². The Balaban J connectivity index is 1.34. The number of aromatic nitrogens is 3. The molecule has 6 rings (SSSR count). The van der Waals surface area contributed by atoms with E-state index in [2.05, 4.69) is 20.0 Å². The predicted octanol–water partition coefficient (Wildman–Crippen LogP) is 4.80. The van der Waals surface area contributed by atoms with E-state index in [-0.39, 0.29) is 33.0 Å². The van der Waals surface area contributed by atoms with Gasteiger partial charge < -0.3 is 10.1 Å². The number of fused-ring (bicyclic) bond motifs is 1. The minimum absolute atomic E-state index is 0.00367. The number of nitrogens with zero attached hydrogens (tertiary/aromatic N) is 3. The van der Waals surface area contributed by atoms with Gasteiger partial charge in [-0.05, 0) is 74.4 Å². The molecule has 3 aromatic heterocycles. The molecule has 13 heteroatoms. The number of hydrogen-bond donors (Lipinski definition) is 2. The van der Waals surface area contributed by atoms with Crippen LogP contribution in [0.15, 0.2) is 65.8 Å². The van der Waals surface area contributed by atoms with Crippen LogP contribution in [0.25, 0.3) is 22.2 Å². The number of benzene rings is 1. The normalized spacial score (nSPS) is 19.8. The number of ether oxygens (including phenoxy) is 1. The van der Waals surface area contributed by atoms with Crippen LogP contribution in [-0.4, -0.2) is 55.2 Å². The molecule has 2 aliphatic carbocycles. The summed E-state index contributed by atoms with van der Waals surface area (Å²) in [5.74, 6) is 1.000. The van der Waals surface area contributed by atoms with Gasteiger partial charge in [-0.2, -0.15) is 0 Å². The van der Waals surface area contributed by atoms with Crippen molar-refractivity contribution >= 4 is 48.5 Å². The topological polar surface area (TPSA) is 132 Å². The zero-order valence-electron chi connectivity index (χ0n) is 22.3. The Kier molecular flexibility index (Phi) is 7.43. The Morgan fingerprint density at radius 3 is 2.49 bits per heavy atom. The average molecular weight is 616 g/mol. The quantitative estimate of drug-likeness (QED) is 0.257. The van der Waals surface area contributed by atoms with Gasteiger partial charge >= 0.3 is 0 Å². The summed E-state index contributed by atoms with van der Waals surface area (Å²) in [7, 11) is -5.69. The van der Waals surface area contributed by atoms with Crippen molar-refractivity contribution in [2.75, 3.05) is 12.4 Å². The molecule has 0 spiro atoms. The van der Waals surface area contributed by atoms with Crippen LogP contribution in [0.5, 0.6) is 5.75 Å². The Hall–Kier alpha value is -3.19. The Morgan fingerprint density at radius 1 is 1.00 bits per heavy atom. The Morgan fingerprint density at radius 2 is 1.76 bits per heavy atom. The monoisotopic (exact) mass is 615 g/mol. The molecule has 1 aromatic carbocycles. The second-order valence-electron chi connectivity index (χ2n) is 10.5. The number of nitrogens with one attached hydrogen (secondary N) is 2. The van der Waals surface area contributed by atoms with E-state index in [0.29, 0.717) is 34.5 Å². The highest BCUT2D eigenvalue weighted by Crippen LogP contribution is 2.36. The number of methoxy groups -OCH3 is 1. The number of anilines is 1. The van der Waals surface area contributed by atoms with Gasteiger partial charge in [-0.25, -0.2) is 35.5 Å². The fourth-order valence-corrected chi connectivity index (χ4v) is 8.54. The zero-order valence-corrected chi connectivity index (χ0v) is 24.7. The molecule has 0 aliphatic heterocycles. The maximum atomic E-state index is 13.6. The third kappa shape index (κ3) is 5.78. The third-order valence-corrected chi connectivity index (χ3v) is 11.4. The van der Waals surface area contributed by atoms with E-state index in [9.17, 15) is 16.8 Å². The Labute approximate surface area is 244 Å². The molecule has 0 amide bonds. The molecule has 41 heavy (non-hydrogen) atoms. The highest BCUT2D eigenvalue weighted by atomic mass is 35.5. The molecule has 2 N–H and O–H groups in total. The lowest BCUT2D eigenvalue weighted by Gasteiger charge is -2.30. The lowest BCUT2D eigenvalue weighted by atomic mass is 9.91. The summed E-state index contributed by atoms with van der Waals surface area (Å²) in [4.78, 5) is 9.02. The lowest BCUT2D eigenvalue weighted by Crippen LogP contribution is -2.43. The molecule has 0 radical (unpaired) electrons. The van der Waals surface area contributed by atoms with E-state index in [1.165, 1.54) is 35.6 Å². The van der Waals surface area contributed by atoms with Gasteiger partial charge in [-0.3, -0.25) is 0 Å². The summed E-state index contributed by atoms with van der Waals surface area (Å²) in [6.45, 7) is 0. The second kappa shape index (κ2) is 10.9. The van der Waals surface area contributed by atoms with Gasteiger partial charge in [0.15, 0.2) is 5.65 Å². The molecule has 2 aliphatic rings. The molecular formula is C28H30ClN5O5S2. The summed E-state index contributed by atoms with van der Waals surface area (Å²) in [6, 6.07) is 13.3. The fourth-order valence-electron chi connectivity index (χ4n) is 5.36. The minimum Gasteiger partial charge on any atom is -0.495 e. The van der Waals surface area contributed by atoms with Gasteiger partial charge in [-0.15, -0.1) is 0 Å². The summed E-state index contributed by atoms with van der Waals surface area (Å²) >= 11 is 6.47. The first-order valence-electron chi connectivity index (χ1n) is 13.5. The summed E-state index contributed by atoms with van der Waals surface area (Å²) in [5, 5.41) is 3.98. The molecule has 4 aromatic rings. The first-order valence-corrected chi connectivity index (χ1v) is 16.8. The van der Waals surface area contributed by atoms with E-state index in [4.69, 9.17) is 16.3 Å². The molecule has 216 valence electrons. The molecule has 2 saturated carbocycles. The molecule has 2 fully saturated rings. The van der Waals surface area contributed by atoms with E-state index < -0.39 is 20.0 Å². The molecule has 2 unspecified atom stereocenters. The van der Waals surface area contributed by atoms with Crippen molar-refractivity contribution in [3.05, 3.63) is 66.1 Å². The van der Waals surface area contributed by atoms with E-state index in [0.717, 1.165) is 32.1 Å². The standard InChI is InChI=1S/C28H30ClN5O5S2/c1-39-21-15-24-25(17-34(28(24)30-16-21)41(37,38)23-8-3-2-4-9-23)18-12-26(29)32-27(13-18)31-19-6-5-7-20(14-19)33-40(35,36)22-10-11-22/h2-4,8-9,12-13,15-17,19-20,22,33H,5-7,10-11,14H2,1H3,(H,31,32). The van der Waals surface area contributed by atoms with Gasteiger partial charge in [0.2, 0.25) is 10.0 Å². The third-order valence-electron chi connectivity index (χ3n) is 7.55. The number of rotatable bonds is 9. The molecule has 2 atom stereocenters. The van der Waals surface area contributed by atoms with Gasteiger partial charge in [-0.1, -0.05) is 29.8 Å². The van der Waals surface area contributed by atoms with Crippen LogP contribution in [-0.2, 0) is 20.0 Å². The van der Waals surface area contributed by atoms with Gasteiger partial charge in [0.1, 0.15) is 16.7 Å². The number of hydrogen-bond acceptors (Lipinski definition) is 8. The lowest BCUT2D eigenvalue weighted by molar-refractivity contribution is 0.385. The maximum Gasteiger partial charge on any atom is 0.269 e. The average Bonchev–Trinajstić information content (AvgIpc) is 3.74. The van der Waals surface area contributed by atoms with Crippen molar-refractivity contribution in [1.29, 1.82) is 0 Å². The smallest absolute Gasteiger partial charge is 0.269 e. The van der Waals surface area contributed by atoms with E-state index in [1.807, 2.05) is 6.07 Å². The highest BCUT2D eigenvalue weighted by Gasteiger charge is 2.38. The van der Waals surface area contributed by atoms with Crippen LogP contribution in [0.3, 0.4) is 0 Å². The molecule has 3 heterocycles. The van der Waals surface area contributed by atoms with Crippen molar-refractivity contribution in [2.45, 2.75) is 60.8 Å². The van der Waals surface area contributed by atoms with Crippen molar-refractivity contribution in [1.82, 2.24) is 18.7 Å². The summed E-state index contributed by atoms with van der Waals surface area (Å²) < 4.78 is 61.6. The number of halogens is 1. The highest BCUT2D eigenvalue weighted by molar-refractivity contribution is 7.90. The maximum absolute atomic E-state index is 13.6. The van der Waals surface area contributed by atoms with Crippen molar-refractivity contribution in [3.63, 3.8) is 0 Å². The van der Waals surface area contributed by atoms with E-state index >= 15 is 0 Å². The van der Waals surface area contributed by atoms with E-state index in [1.54, 1.807) is 30.3 Å². The van der Waals surface area contributed by atoms with Crippen molar-refractivity contribution in [3.8, 4) is 16.9 Å². The number of sulfonamides is 1. The number of pyridine rings is 2. The van der Waals surface area contributed by atoms with Crippen LogP contribution in [0.4, 0.5) is 5.82 Å². The van der Waals surface area contributed by atoms with Crippen molar-refractivity contribution < 1.29 is 21.6 Å². The summed E-state index contributed by atoms with van der Waals surface area (Å²) in [6.07, 6.45) is 7.63. The van der Waals surface area contributed by atoms with Gasteiger partial charge in [0.25, 0.3) is 10.0 Å². The Bertz CT molecular complexity index is 1810. The predicted molar refractivity (Wildman–Crippen MR) is 158 cm³/mol. The molecule has 10 nitrogen and oxygen atoms in total. The van der Waals surface area contributed by atoms with Gasteiger partial charge in [0, 0.05) is 29.2 Å². The summed E-state index contributed by atoms with van der Waals surface area (Å²) in [5.41, 5.74) is 1.50. The van der Waals surface area contributed by atoms with Crippen LogP contribution in [0, 0.1) is 0 Å². The van der Waals surface area contributed by atoms with Crippen LogP contribution in [0.1, 0.15) is 38.5 Å². The first-order chi connectivity index (χ1) is 19.6. The molecule has 0 saturated heterocycles. The molecule has 0 bridgehead atoms. The SMILES string of the molecule is COc1cnc2c(c1)c(-c1cc(Cl)nc(NC3CCCC(NS(=O)(=O)C4CC4)C3)c1)cn2S(=O)(=O)c1ccccc1. The van der Waals surface area contributed by atoms with Crippen LogP contribution < -0.4 is 14.8 Å². The second-order valence-corrected chi connectivity index (χ2v) is 14.7. The largest absolute Gasteiger partial charge is 0.495 e. The zero-order chi connectivity index (χ0) is 28.8. The fraction of sp³-hybridized carbons (Fsp3) is 0.357.